The van der Waals surface area contributed by atoms with Crippen molar-refractivity contribution < 1.29 is 14.1 Å². The molecule has 6 nitrogen and oxygen atoms in total. The lowest BCUT2D eigenvalue weighted by Gasteiger charge is -2.31. The Hall–Kier alpha value is -2.37. The van der Waals surface area contributed by atoms with Crippen LogP contribution < -0.4 is 4.74 Å². The van der Waals surface area contributed by atoms with Gasteiger partial charge < -0.3 is 14.2 Å². The number of ether oxygens (including phenoxy) is 1. The third-order valence-electron chi connectivity index (χ3n) is 5.05. The van der Waals surface area contributed by atoms with Crippen LogP contribution in [0.2, 0.25) is 0 Å². The van der Waals surface area contributed by atoms with Crippen LogP contribution in [0.5, 0.6) is 5.75 Å². The highest BCUT2D eigenvalue weighted by Gasteiger charge is 2.38. The number of nitrogens with zero attached hydrogens (tertiary/aromatic N) is 3. The normalized spacial score (nSPS) is 20.9. The van der Waals surface area contributed by atoms with Gasteiger partial charge in [-0.15, -0.1) is 0 Å². The standard InChI is InChI=1S/C18H21N3O3/c1-23-14-8-3-7-13(11-14)16-19-17(24-20-16)15-9-4-10-21(15)18(22)12-5-2-6-12/h3,7-8,11-12,15H,2,4-6,9-10H2,1H3/t15-/m1/s1. The quantitative estimate of drug-likeness (QED) is 0.862. The van der Waals surface area contributed by atoms with E-state index < -0.39 is 0 Å². The molecule has 24 heavy (non-hydrogen) atoms. The van der Waals surface area contributed by atoms with Gasteiger partial charge in [0.1, 0.15) is 11.8 Å². The number of amides is 1. The van der Waals surface area contributed by atoms with Crippen molar-refractivity contribution in [3.63, 3.8) is 0 Å². The summed E-state index contributed by atoms with van der Waals surface area (Å²) in [5.41, 5.74) is 0.846. The summed E-state index contributed by atoms with van der Waals surface area (Å²) in [6, 6.07) is 7.49. The average molecular weight is 327 g/mol. The fourth-order valence-corrected chi connectivity index (χ4v) is 3.43. The summed E-state index contributed by atoms with van der Waals surface area (Å²) in [7, 11) is 1.63. The maximum absolute atomic E-state index is 12.6. The Morgan fingerprint density at radius 2 is 2.17 bits per heavy atom. The second kappa shape index (κ2) is 6.26. The van der Waals surface area contributed by atoms with Gasteiger partial charge >= 0.3 is 0 Å². The van der Waals surface area contributed by atoms with Crippen LogP contribution in [0, 0.1) is 5.92 Å². The van der Waals surface area contributed by atoms with Crippen molar-refractivity contribution in [2.75, 3.05) is 13.7 Å². The van der Waals surface area contributed by atoms with Crippen molar-refractivity contribution in [1.82, 2.24) is 15.0 Å². The smallest absolute Gasteiger partial charge is 0.249 e. The minimum absolute atomic E-state index is 0.0787. The molecule has 6 heteroatoms. The Kier molecular flexibility index (Phi) is 3.96. The van der Waals surface area contributed by atoms with Gasteiger partial charge in [-0.1, -0.05) is 23.7 Å². The van der Waals surface area contributed by atoms with E-state index in [1.54, 1.807) is 7.11 Å². The highest BCUT2D eigenvalue weighted by atomic mass is 16.5. The maximum Gasteiger partial charge on any atom is 0.249 e. The number of benzene rings is 1. The van der Waals surface area contributed by atoms with E-state index in [4.69, 9.17) is 9.26 Å². The van der Waals surface area contributed by atoms with Crippen molar-refractivity contribution >= 4 is 5.91 Å². The third kappa shape index (κ3) is 2.66. The van der Waals surface area contributed by atoms with Gasteiger partial charge in [0.15, 0.2) is 0 Å². The summed E-state index contributed by atoms with van der Waals surface area (Å²) in [4.78, 5) is 19.1. The minimum Gasteiger partial charge on any atom is -0.497 e. The molecular weight excluding hydrogens is 306 g/mol. The van der Waals surface area contributed by atoms with E-state index in [-0.39, 0.29) is 17.9 Å². The number of carbonyl (C=O) groups excluding carboxylic acids is 1. The molecule has 4 rings (SSSR count). The lowest BCUT2D eigenvalue weighted by Crippen LogP contribution is -2.38. The van der Waals surface area contributed by atoms with Crippen molar-refractivity contribution in [2.45, 2.75) is 38.1 Å². The van der Waals surface area contributed by atoms with Gasteiger partial charge in [0.2, 0.25) is 17.6 Å². The maximum atomic E-state index is 12.6. The Labute approximate surface area is 140 Å². The summed E-state index contributed by atoms with van der Waals surface area (Å²) in [6.45, 7) is 0.789. The molecule has 2 heterocycles. The van der Waals surface area contributed by atoms with E-state index in [1.807, 2.05) is 29.2 Å². The fraction of sp³-hybridized carbons (Fsp3) is 0.500. The van der Waals surface area contributed by atoms with Gasteiger partial charge in [0.05, 0.1) is 7.11 Å². The highest BCUT2D eigenvalue weighted by molar-refractivity contribution is 5.80. The van der Waals surface area contributed by atoms with Gasteiger partial charge in [-0.3, -0.25) is 4.79 Å². The molecule has 1 aliphatic heterocycles. The number of hydrogen-bond acceptors (Lipinski definition) is 5. The highest BCUT2D eigenvalue weighted by Crippen LogP contribution is 2.37. The topological polar surface area (TPSA) is 68.5 Å². The number of carbonyl (C=O) groups is 1. The van der Waals surface area contributed by atoms with Gasteiger partial charge in [-0.05, 0) is 37.8 Å². The molecule has 0 bridgehead atoms. The van der Waals surface area contributed by atoms with E-state index in [9.17, 15) is 4.79 Å². The minimum atomic E-state index is -0.0787. The molecule has 2 fully saturated rings. The number of rotatable bonds is 4. The number of methoxy groups -OCH3 is 1. The first-order chi connectivity index (χ1) is 11.8. The fourth-order valence-electron chi connectivity index (χ4n) is 3.43. The first-order valence-electron chi connectivity index (χ1n) is 8.55. The van der Waals surface area contributed by atoms with Crippen LogP contribution in [0.1, 0.15) is 44.0 Å². The van der Waals surface area contributed by atoms with Crippen molar-refractivity contribution in [2.24, 2.45) is 5.92 Å². The van der Waals surface area contributed by atoms with Crippen LogP contribution in [-0.4, -0.2) is 34.6 Å². The van der Waals surface area contributed by atoms with Gasteiger partial charge in [-0.25, -0.2) is 0 Å². The molecule has 0 N–H and O–H groups in total. The average Bonchev–Trinajstić information content (AvgIpc) is 3.22. The molecule has 2 aromatic rings. The Morgan fingerprint density at radius 3 is 2.92 bits per heavy atom. The molecule has 1 aromatic carbocycles. The van der Waals surface area contributed by atoms with Crippen LogP contribution in [0.3, 0.4) is 0 Å². The molecule has 1 aromatic heterocycles. The molecular formula is C18H21N3O3. The summed E-state index contributed by atoms with van der Waals surface area (Å²) in [6.07, 6.45) is 5.07. The second-order valence-electron chi connectivity index (χ2n) is 6.51. The summed E-state index contributed by atoms with van der Waals surface area (Å²) in [5, 5.41) is 4.10. The van der Waals surface area contributed by atoms with E-state index in [0.717, 1.165) is 50.0 Å². The zero-order valence-electron chi connectivity index (χ0n) is 13.8. The predicted octanol–water partition coefficient (Wildman–Crippen LogP) is 3.21. The van der Waals surface area contributed by atoms with E-state index in [1.165, 1.54) is 0 Å². The molecule has 1 amide bonds. The van der Waals surface area contributed by atoms with Crippen LogP contribution in [-0.2, 0) is 4.79 Å². The van der Waals surface area contributed by atoms with Gasteiger partial charge in [0, 0.05) is 18.0 Å². The molecule has 1 saturated heterocycles. The largest absolute Gasteiger partial charge is 0.497 e. The second-order valence-corrected chi connectivity index (χ2v) is 6.51. The lowest BCUT2D eigenvalue weighted by molar-refractivity contribution is -0.139. The van der Waals surface area contributed by atoms with Crippen molar-refractivity contribution in [3.05, 3.63) is 30.2 Å². The molecule has 2 aliphatic rings. The first-order valence-corrected chi connectivity index (χ1v) is 8.55. The van der Waals surface area contributed by atoms with Crippen molar-refractivity contribution in [3.8, 4) is 17.1 Å². The number of likely N-dealkylation sites (tertiary alicyclic amines) is 1. The van der Waals surface area contributed by atoms with Gasteiger partial charge in [-0.2, -0.15) is 4.98 Å². The number of hydrogen-bond donors (Lipinski definition) is 0. The predicted molar refractivity (Wildman–Crippen MR) is 87.3 cm³/mol. The number of aromatic nitrogens is 2. The first kappa shape index (κ1) is 15.2. The van der Waals surface area contributed by atoms with Crippen molar-refractivity contribution in [1.29, 1.82) is 0 Å². The molecule has 0 spiro atoms. The summed E-state index contributed by atoms with van der Waals surface area (Å²) >= 11 is 0. The van der Waals surface area contributed by atoms with Crippen LogP contribution >= 0.6 is 0 Å². The van der Waals surface area contributed by atoms with E-state index in [2.05, 4.69) is 10.1 Å². The molecule has 1 saturated carbocycles. The van der Waals surface area contributed by atoms with Crippen LogP contribution in [0.15, 0.2) is 28.8 Å². The Bertz CT molecular complexity index is 739. The Balaban J connectivity index is 1.56. The lowest BCUT2D eigenvalue weighted by atomic mass is 9.84. The molecule has 126 valence electrons. The molecule has 0 radical (unpaired) electrons. The zero-order chi connectivity index (χ0) is 16.5. The monoisotopic (exact) mass is 327 g/mol. The third-order valence-corrected chi connectivity index (χ3v) is 5.05. The van der Waals surface area contributed by atoms with E-state index in [0.29, 0.717) is 11.7 Å². The molecule has 1 aliphatic carbocycles. The molecule has 1 atom stereocenters. The Morgan fingerprint density at radius 1 is 1.29 bits per heavy atom. The van der Waals surface area contributed by atoms with Gasteiger partial charge in [0.25, 0.3) is 0 Å². The molecule has 0 unspecified atom stereocenters. The van der Waals surface area contributed by atoms with E-state index >= 15 is 0 Å². The van der Waals surface area contributed by atoms with Crippen LogP contribution in [0.25, 0.3) is 11.4 Å². The zero-order valence-corrected chi connectivity index (χ0v) is 13.8. The SMILES string of the molecule is COc1cccc(-c2noc([C@H]3CCCN3C(=O)C3CCC3)n2)c1. The summed E-state index contributed by atoms with van der Waals surface area (Å²) in [5.74, 6) is 2.28. The van der Waals surface area contributed by atoms with Crippen LogP contribution in [0.4, 0.5) is 0 Å². The summed E-state index contributed by atoms with van der Waals surface area (Å²) < 4.78 is 10.7.